The summed E-state index contributed by atoms with van der Waals surface area (Å²) in [6, 6.07) is 9.65. The number of nitrogens with two attached hydrogens (primary N) is 1. The van der Waals surface area contributed by atoms with Gasteiger partial charge in [-0.05, 0) is 18.4 Å². The van der Waals surface area contributed by atoms with Crippen LogP contribution >= 0.6 is 0 Å². The minimum Gasteiger partial charge on any atom is -0.609 e. The van der Waals surface area contributed by atoms with Crippen LogP contribution in [0.15, 0.2) is 40.3 Å². The summed E-state index contributed by atoms with van der Waals surface area (Å²) in [5.74, 6) is -0.0406. The van der Waals surface area contributed by atoms with Gasteiger partial charge in [0.1, 0.15) is 17.6 Å². The number of aromatic amines is 1. The predicted molar refractivity (Wildman–Crippen MR) is 85.8 cm³/mol. The van der Waals surface area contributed by atoms with Gasteiger partial charge in [-0.2, -0.15) is 4.98 Å². The van der Waals surface area contributed by atoms with E-state index in [4.69, 9.17) is 11.1 Å². The monoisotopic (exact) mass is 316 g/mol. The summed E-state index contributed by atoms with van der Waals surface area (Å²) in [6.07, 6.45) is 3.02. The van der Waals surface area contributed by atoms with E-state index in [0.29, 0.717) is 0 Å². The number of rotatable bonds is 4. The van der Waals surface area contributed by atoms with E-state index in [1.807, 2.05) is 30.3 Å². The van der Waals surface area contributed by atoms with E-state index in [0.717, 1.165) is 18.4 Å². The van der Waals surface area contributed by atoms with Crippen LogP contribution in [0.2, 0.25) is 0 Å². The molecule has 1 aromatic heterocycles. The largest absolute Gasteiger partial charge is 0.609 e. The quantitative estimate of drug-likeness (QED) is 0.446. The first-order valence-electron chi connectivity index (χ1n) is 6.84. The van der Waals surface area contributed by atoms with Gasteiger partial charge >= 0.3 is 5.16 Å². The first kappa shape index (κ1) is 14.8. The highest BCUT2D eigenvalue weighted by molar-refractivity contribution is 7.90. The van der Waals surface area contributed by atoms with Crippen molar-refractivity contribution >= 4 is 22.7 Å². The second kappa shape index (κ2) is 5.26. The molecule has 7 heteroatoms. The summed E-state index contributed by atoms with van der Waals surface area (Å²) in [5.41, 5.74) is 6.15. The first-order valence-corrected chi connectivity index (χ1v) is 8.39. The lowest BCUT2D eigenvalue weighted by Crippen LogP contribution is -2.31. The van der Waals surface area contributed by atoms with Crippen molar-refractivity contribution in [1.29, 1.82) is 5.41 Å². The molecule has 0 saturated heterocycles. The van der Waals surface area contributed by atoms with Crippen LogP contribution in [-0.2, 0) is 16.6 Å². The topological polar surface area (TPSA) is 119 Å². The second-order valence-electron chi connectivity index (χ2n) is 5.41. The highest BCUT2D eigenvalue weighted by Gasteiger charge is 2.49. The Morgan fingerprint density at radius 2 is 2.05 bits per heavy atom. The Morgan fingerprint density at radius 1 is 1.41 bits per heavy atom. The molecule has 1 aliphatic carbocycles. The molecule has 1 heterocycles. The molecular formula is C15H16N4O2S. The smallest absolute Gasteiger partial charge is 0.325 e. The van der Waals surface area contributed by atoms with Crippen molar-refractivity contribution in [1.82, 2.24) is 9.97 Å². The van der Waals surface area contributed by atoms with Gasteiger partial charge in [-0.3, -0.25) is 9.78 Å². The van der Waals surface area contributed by atoms with Gasteiger partial charge < -0.3 is 15.7 Å². The molecule has 0 bridgehead atoms. The Morgan fingerprint density at radius 3 is 2.55 bits per heavy atom. The van der Waals surface area contributed by atoms with E-state index in [-0.39, 0.29) is 22.2 Å². The molecule has 6 nitrogen and oxygen atoms in total. The van der Waals surface area contributed by atoms with Gasteiger partial charge in [-0.1, -0.05) is 30.3 Å². The molecule has 4 N–H and O–H groups in total. The van der Waals surface area contributed by atoms with Crippen LogP contribution in [0.1, 0.15) is 24.0 Å². The number of nitrogen functional groups attached to an aromatic ring is 1. The Kier molecular flexibility index (Phi) is 3.54. The van der Waals surface area contributed by atoms with Gasteiger partial charge in [0.2, 0.25) is 0 Å². The molecule has 0 spiro atoms. The summed E-state index contributed by atoms with van der Waals surface area (Å²) in [7, 11) is 0. The predicted octanol–water partition coefficient (Wildman–Crippen LogP) is 1.19. The maximum absolute atomic E-state index is 12.3. The van der Waals surface area contributed by atoms with Crippen LogP contribution in [0.25, 0.3) is 0 Å². The average molecular weight is 316 g/mol. The Labute approximate surface area is 130 Å². The van der Waals surface area contributed by atoms with Crippen LogP contribution in [0.3, 0.4) is 0 Å². The molecule has 2 aromatic rings. The molecule has 1 fully saturated rings. The Bertz CT molecular complexity index is 782. The first-order chi connectivity index (χ1) is 10.5. The molecular weight excluding hydrogens is 300 g/mol. The van der Waals surface area contributed by atoms with Crippen molar-refractivity contribution in [2.45, 2.75) is 23.4 Å². The number of nitrogens with one attached hydrogen (secondary N) is 2. The molecule has 1 saturated carbocycles. The van der Waals surface area contributed by atoms with Crippen molar-refractivity contribution in [3.8, 4) is 0 Å². The van der Waals surface area contributed by atoms with E-state index >= 15 is 0 Å². The van der Waals surface area contributed by atoms with E-state index < -0.39 is 22.2 Å². The van der Waals surface area contributed by atoms with Crippen LogP contribution in [0, 0.1) is 5.41 Å². The fourth-order valence-electron chi connectivity index (χ4n) is 2.65. The molecule has 1 unspecified atom stereocenters. The van der Waals surface area contributed by atoms with Crippen molar-refractivity contribution in [3.05, 3.63) is 51.8 Å². The number of anilines is 1. The molecule has 114 valence electrons. The minimum absolute atomic E-state index is 0.0311. The summed E-state index contributed by atoms with van der Waals surface area (Å²) >= 11 is -1.43. The van der Waals surface area contributed by atoms with Crippen molar-refractivity contribution in [3.63, 3.8) is 0 Å². The van der Waals surface area contributed by atoms with Crippen LogP contribution in [-0.4, -0.2) is 26.5 Å². The highest BCUT2D eigenvalue weighted by Crippen LogP contribution is 2.50. The Hall–Kier alpha value is -2.12. The number of aromatic nitrogens is 2. The zero-order valence-electron chi connectivity index (χ0n) is 12.1. The lowest BCUT2D eigenvalue weighted by Gasteiger charge is -2.18. The standard InChI is InChI=1S/C15H16N4O2S/c1-22(21)14-18-12(17)10(13(20)19-14)11(16)15(7-8-15)9-5-3-2-4-6-9/h2-6,16H,7-8H2,1H3,(H3,17,18,19,20). The second-order valence-corrected chi connectivity index (χ2v) is 6.70. The van der Waals surface area contributed by atoms with E-state index in [1.54, 1.807) is 0 Å². The lowest BCUT2D eigenvalue weighted by molar-refractivity contribution is 0.591. The van der Waals surface area contributed by atoms with Gasteiger partial charge in [0.05, 0.1) is 5.71 Å². The van der Waals surface area contributed by atoms with Gasteiger partial charge in [0, 0.05) is 16.6 Å². The number of hydrogen-bond donors (Lipinski definition) is 3. The zero-order valence-corrected chi connectivity index (χ0v) is 12.9. The van der Waals surface area contributed by atoms with Crippen LogP contribution in [0.4, 0.5) is 5.82 Å². The molecule has 0 radical (unpaired) electrons. The summed E-state index contributed by atoms with van der Waals surface area (Å²) in [6.45, 7) is 0. The molecule has 3 rings (SSSR count). The lowest BCUT2D eigenvalue weighted by atomic mass is 9.87. The zero-order chi connectivity index (χ0) is 15.9. The van der Waals surface area contributed by atoms with Gasteiger partial charge in [0.15, 0.2) is 0 Å². The number of benzene rings is 1. The number of H-pyrrole nitrogens is 1. The minimum atomic E-state index is -1.43. The van der Waals surface area contributed by atoms with Crippen molar-refractivity contribution < 1.29 is 4.55 Å². The normalized spacial score (nSPS) is 17.0. The van der Waals surface area contributed by atoms with Gasteiger partial charge in [-0.25, -0.2) is 0 Å². The number of hydrogen-bond acceptors (Lipinski definition) is 5. The van der Waals surface area contributed by atoms with Crippen molar-refractivity contribution in [2.75, 3.05) is 12.0 Å². The fraction of sp³-hybridized carbons (Fsp3) is 0.267. The molecule has 22 heavy (non-hydrogen) atoms. The summed E-state index contributed by atoms with van der Waals surface area (Å²) in [4.78, 5) is 18.7. The van der Waals surface area contributed by atoms with E-state index in [2.05, 4.69) is 9.97 Å². The van der Waals surface area contributed by atoms with Crippen molar-refractivity contribution in [2.24, 2.45) is 0 Å². The molecule has 0 amide bonds. The highest BCUT2D eigenvalue weighted by atomic mass is 32.2. The third-order valence-electron chi connectivity index (χ3n) is 4.00. The third-order valence-corrected chi connectivity index (χ3v) is 4.74. The van der Waals surface area contributed by atoms with Gasteiger partial charge in [0.25, 0.3) is 5.56 Å². The van der Waals surface area contributed by atoms with Crippen LogP contribution in [0.5, 0.6) is 0 Å². The molecule has 0 aliphatic heterocycles. The fourth-order valence-corrected chi connectivity index (χ4v) is 3.11. The summed E-state index contributed by atoms with van der Waals surface area (Å²) < 4.78 is 11.4. The van der Waals surface area contributed by atoms with E-state index in [1.165, 1.54) is 6.26 Å². The summed E-state index contributed by atoms with van der Waals surface area (Å²) in [5, 5.41) is 8.51. The SMILES string of the molecule is C[S+]([O-])c1nc(N)c(C(=N)C2(c3ccccc3)CC2)c(=O)[nH]1. The average Bonchev–Trinajstić information content (AvgIpc) is 3.29. The maximum atomic E-state index is 12.3. The third kappa shape index (κ3) is 2.32. The molecule has 1 aliphatic rings. The Balaban J connectivity index is 2.06. The van der Waals surface area contributed by atoms with Gasteiger partial charge in [-0.15, -0.1) is 0 Å². The van der Waals surface area contributed by atoms with E-state index in [9.17, 15) is 9.35 Å². The maximum Gasteiger partial charge on any atom is 0.325 e. The number of nitrogens with zero attached hydrogens (tertiary/aromatic N) is 1. The molecule has 1 atom stereocenters. The molecule has 1 aromatic carbocycles. The van der Waals surface area contributed by atoms with Crippen LogP contribution < -0.4 is 11.3 Å².